The molecule has 12 aromatic rings. The average molecular weight is 1390 g/mol. The van der Waals surface area contributed by atoms with Crippen molar-refractivity contribution in [1.29, 1.82) is 0 Å². The standard InChI is InChI=1S/C27H31N7O2.C22H23N7.C14H15N5.C13H17ClN2O2/c1-27(2,3)36-26(35)33-13-11-21-17(16-33)8-9-23(30-21)31-25-29-14-20-19-10-12-28-15-22(19)34(24(20)32-25)18-6-4-5-7-18;1-2-4-15(3-1)29-19-13-24-9-7-16(19)17-12-25-22(28-21(17)29)27-20-6-5-14-11-23-10-8-18(14)26-20;15-14-17-7-11-10-5-6-16-8-12(10)19(13(11)18-14)9-3-1-2-4-9;1-13(2,3)18-12(17)16-7-6-10-9(8-16)4-5-11(14)15-10/h8-10,12,14-15,18H,4-7,11,13,16H2,1-3H3,(H,29,30,31,32);5-7,9,12-13,15,23H,1-4,8,10-11H2,(H,25,26,27,28);5-9H,1-4H2,(H2,15,17,18);4-5H,6-8H2,1-3H3. The molecule has 0 atom stereocenters. The smallest absolute Gasteiger partial charge is 0.410 e. The Morgan fingerprint density at radius 1 is 0.480 bits per heavy atom. The molecular formula is C76H86ClN21O4. The summed E-state index contributed by atoms with van der Waals surface area (Å²) < 4.78 is 17.9. The minimum atomic E-state index is -0.509. The second kappa shape index (κ2) is 28.6. The topological polar surface area (TPSA) is 291 Å². The highest BCUT2D eigenvalue weighted by atomic mass is 35.5. The van der Waals surface area contributed by atoms with Crippen LogP contribution < -0.4 is 21.7 Å². The molecule has 0 spiro atoms. The Labute approximate surface area is 595 Å². The van der Waals surface area contributed by atoms with Gasteiger partial charge in [-0.15, -0.1) is 0 Å². The first kappa shape index (κ1) is 67.5. The van der Waals surface area contributed by atoms with Crippen molar-refractivity contribution in [3.05, 3.63) is 149 Å². The summed E-state index contributed by atoms with van der Waals surface area (Å²) in [5, 5.41) is 17.2. The highest BCUT2D eigenvalue weighted by Crippen LogP contribution is 2.41. The van der Waals surface area contributed by atoms with Crippen molar-refractivity contribution in [2.75, 3.05) is 36.0 Å². The summed E-state index contributed by atoms with van der Waals surface area (Å²) in [6, 6.07) is 19.3. The number of halogens is 1. The zero-order valence-corrected chi connectivity index (χ0v) is 59.4. The van der Waals surface area contributed by atoms with Gasteiger partial charge in [0.1, 0.15) is 44.9 Å². The number of nitrogen functional groups attached to an aromatic ring is 1. The Balaban J connectivity index is 0.000000114. The van der Waals surface area contributed by atoms with Crippen molar-refractivity contribution in [1.82, 2.24) is 88.6 Å². The number of nitrogens with one attached hydrogen (secondary N) is 3. The van der Waals surface area contributed by atoms with Gasteiger partial charge in [-0.1, -0.05) is 68.3 Å². The predicted molar refractivity (Wildman–Crippen MR) is 396 cm³/mol. The summed E-state index contributed by atoms with van der Waals surface area (Å²) in [6.45, 7) is 15.3. The molecule has 102 heavy (non-hydrogen) atoms. The van der Waals surface area contributed by atoms with E-state index in [0.717, 1.165) is 133 Å². The molecule has 6 aliphatic rings. The van der Waals surface area contributed by atoms with Crippen LogP contribution in [-0.2, 0) is 48.4 Å². The van der Waals surface area contributed by atoms with Crippen molar-refractivity contribution >= 4 is 119 Å². The number of carbonyl (C=O) groups excluding carboxylic acids is 2. The third kappa shape index (κ3) is 14.5. The zero-order chi connectivity index (χ0) is 70.2. The first-order chi connectivity index (χ1) is 49.4. The molecule has 0 unspecified atom stereocenters. The van der Waals surface area contributed by atoms with Gasteiger partial charge >= 0.3 is 12.2 Å². The van der Waals surface area contributed by atoms with E-state index >= 15 is 0 Å². The molecule has 2 amide bonds. The number of nitrogens with two attached hydrogens (primary N) is 1. The average Bonchev–Trinajstić information content (AvgIpc) is 1.61. The number of ether oxygens (including phenoxy) is 2. The molecule has 3 aliphatic heterocycles. The Hall–Kier alpha value is -10.3. The van der Waals surface area contributed by atoms with E-state index in [1.165, 1.54) is 75.2 Å². The molecule has 15 heterocycles. The van der Waals surface area contributed by atoms with E-state index in [-0.39, 0.29) is 12.2 Å². The lowest BCUT2D eigenvalue weighted by atomic mass is 10.1. The molecule has 26 heteroatoms. The first-order valence-corrected chi connectivity index (χ1v) is 36.2. The fourth-order valence-electron chi connectivity index (χ4n) is 15.2. The summed E-state index contributed by atoms with van der Waals surface area (Å²) in [6.07, 6.45) is 33.5. The second-order valence-corrected chi connectivity index (χ2v) is 29.6. The Bertz CT molecular complexity index is 5100. The van der Waals surface area contributed by atoms with E-state index < -0.39 is 11.2 Å². The van der Waals surface area contributed by atoms with E-state index in [1.54, 1.807) is 15.9 Å². The summed E-state index contributed by atoms with van der Waals surface area (Å²) in [5.74, 6) is 2.95. The van der Waals surface area contributed by atoms with E-state index in [2.05, 4.69) is 81.7 Å². The second-order valence-electron chi connectivity index (χ2n) is 29.3. The van der Waals surface area contributed by atoms with Crippen molar-refractivity contribution < 1.29 is 19.1 Å². The summed E-state index contributed by atoms with van der Waals surface area (Å²) in [4.78, 5) is 82.4. The molecule has 3 fully saturated rings. The molecular weight excluding hydrogens is 1310 g/mol. The lowest BCUT2D eigenvalue weighted by molar-refractivity contribution is 0.0212. The Morgan fingerprint density at radius 3 is 1.33 bits per heavy atom. The number of rotatable bonds is 7. The van der Waals surface area contributed by atoms with Gasteiger partial charge in [0.2, 0.25) is 17.8 Å². The summed E-state index contributed by atoms with van der Waals surface area (Å²) in [7, 11) is 0. The van der Waals surface area contributed by atoms with Crippen LogP contribution in [0.3, 0.4) is 0 Å². The molecule has 18 rings (SSSR count). The van der Waals surface area contributed by atoms with Gasteiger partial charge in [-0.2, -0.15) is 15.0 Å². The molecule has 5 N–H and O–H groups in total. The number of hydrogen-bond donors (Lipinski definition) is 4. The van der Waals surface area contributed by atoms with Gasteiger partial charge in [-0.25, -0.2) is 39.5 Å². The number of nitrogens with zero attached hydrogens (tertiary/aromatic N) is 17. The fraction of sp³-hybridized carbons (Fsp3) is 0.421. The lowest BCUT2D eigenvalue weighted by Gasteiger charge is -2.30. The van der Waals surface area contributed by atoms with Crippen LogP contribution >= 0.6 is 11.6 Å². The number of amides is 2. The predicted octanol–water partition coefficient (Wildman–Crippen LogP) is 15.1. The van der Waals surface area contributed by atoms with Gasteiger partial charge in [0.25, 0.3) is 0 Å². The van der Waals surface area contributed by atoms with Gasteiger partial charge in [0.15, 0.2) is 0 Å². The molecule has 0 saturated heterocycles. The molecule has 0 bridgehead atoms. The molecule has 12 aromatic heterocycles. The summed E-state index contributed by atoms with van der Waals surface area (Å²) >= 11 is 5.85. The molecule has 526 valence electrons. The number of carbonyl (C=O) groups is 2. The molecule has 0 aromatic carbocycles. The van der Waals surface area contributed by atoms with Gasteiger partial charge in [-0.3, -0.25) is 15.0 Å². The highest BCUT2D eigenvalue weighted by molar-refractivity contribution is 6.29. The zero-order valence-electron chi connectivity index (χ0n) is 58.7. The van der Waals surface area contributed by atoms with Crippen LogP contribution in [-0.4, -0.2) is 126 Å². The third-order valence-electron chi connectivity index (χ3n) is 19.9. The maximum atomic E-state index is 12.5. The monoisotopic (exact) mass is 1390 g/mol. The maximum absolute atomic E-state index is 12.5. The van der Waals surface area contributed by atoms with Crippen LogP contribution in [0.1, 0.15) is 170 Å². The quantitative estimate of drug-likeness (QED) is 0.108. The molecule has 3 saturated carbocycles. The lowest BCUT2D eigenvalue weighted by Crippen LogP contribution is -2.40. The SMILES string of the molecule is CC(C)(C)OC(=O)N1CCc2nc(Cl)ccc2C1.CC(C)(C)OC(=O)N1CCc2nc(Nc3ncc4c5ccncc5n(C5CCCC5)c4n3)ccc2C1.Nc1ncc2c3ccncc3n(C3CCCC3)c2n1.c1cc2c3cnc(Nc4ccc5c(n4)CCNC5)nc3n(C3CCCC3)c2cn1. The van der Waals surface area contributed by atoms with E-state index in [1.807, 2.05) is 134 Å². The van der Waals surface area contributed by atoms with Crippen LogP contribution in [0.25, 0.3) is 65.8 Å². The van der Waals surface area contributed by atoms with Gasteiger partial charge in [-0.05, 0) is 133 Å². The van der Waals surface area contributed by atoms with E-state index in [0.29, 0.717) is 79.5 Å². The number of fused-ring (bicyclic) bond motifs is 12. The van der Waals surface area contributed by atoms with E-state index in [9.17, 15) is 9.59 Å². The molecule has 25 nitrogen and oxygen atoms in total. The fourth-order valence-corrected chi connectivity index (χ4v) is 15.4. The number of hydrogen-bond acceptors (Lipinski definition) is 20. The number of pyridine rings is 6. The maximum Gasteiger partial charge on any atom is 0.410 e. The Kier molecular flexibility index (Phi) is 19.0. The largest absolute Gasteiger partial charge is 0.444 e. The normalized spacial score (nSPS) is 16.5. The number of aromatic nitrogens is 15. The van der Waals surface area contributed by atoms with Gasteiger partial charge in [0, 0.05) is 150 Å². The molecule has 0 radical (unpaired) electrons. The van der Waals surface area contributed by atoms with Crippen LogP contribution in [0.4, 0.5) is 39.1 Å². The van der Waals surface area contributed by atoms with Crippen molar-refractivity contribution in [2.45, 2.75) is 187 Å². The third-order valence-corrected chi connectivity index (χ3v) is 20.1. The van der Waals surface area contributed by atoms with Crippen molar-refractivity contribution in [2.24, 2.45) is 0 Å². The Morgan fingerprint density at radius 2 is 0.882 bits per heavy atom. The van der Waals surface area contributed by atoms with E-state index in [4.69, 9.17) is 46.7 Å². The highest BCUT2D eigenvalue weighted by Gasteiger charge is 2.31. The van der Waals surface area contributed by atoms with Crippen LogP contribution in [0.2, 0.25) is 5.15 Å². The van der Waals surface area contributed by atoms with Crippen LogP contribution in [0, 0.1) is 0 Å². The number of anilines is 5. The molecule has 3 aliphatic carbocycles. The summed E-state index contributed by atoms with van der Waals surface area (Å²) in [5.41, 5.74) is 17.5. The van der Waals surface area contributed by atoms with Gasteiger partial charge in [0.05, 0.1) is 48.2 Å². The minimum Gasteiger partial charge on any atom is -0.444 e. The van der Waals surface area contributed by atoms with Crippen molar-refractivity contribution in [3.8, 4) is 0 Å². The van der Waals surface area contributed by atoms with Crippen LogP contribution in [0.15, 0.2) is 110 Å². The van der Waals surface area contributed by atoms with Gasteiger partial charge < -0.3 is 54.7 Å². The minimum absolute atomic E-state index is 0.275. The first-order valence-electron chi connectivity index (χ1n) is 35.8. The van der Waals surface area contributed by atoms with Crippen LogP contribution in [0.5, 0.6) is 0 Å². The van der Waals surface area contributed by atoms with Crippen molar-refractivity contribution in [3.63, 3.8) is 0 Å².